The van der Waals surface area contributed by atoms with Gasteiger partial charge in [-0.2, -0.15) is 0 Å². The van der Waals surface area contributed by atoms with Crippen molar-refractivity contribution in [3.05, 3.63) is 90.1 Å². The minimum absolute atomic E-state index is 0.470. The molecule has 0 aliphatic heterocycles. The second-order valence-electron chi connectivity index (χ2n) is 12.7. The molecule has 7 nitrogen and oxygen atoms in total. The molecule has 1 saturated carbocycles. The van der Waals surface area contributed by atoms with Gasteiger partial charge in [0.1, 0.15) is 17.2 Å². The van der Waals surface area contributed by atoms with Crippen molar-refractivity contribution in [2.45, 2.75) is 79.0 Å². The smallest absolute Gasteiger partial charge is 0.428 e. The summed E-state index contributed by atoms with van der Waals surface area (Å²) in [6, 6.07) is 20.4. The van der Waals surface area contributed by atoms with Gasteiger partial charge >= 0.3 is 6.16 Å². The van der Waals surface area contributed by atoms with Crippen LogP contribution in [0, 0.1) is 12.8 Å². The second kappa shape index (κ2) is 11.7. The van der Waals surface area contributed by atoms with Gasteiger partial charge in [0.05, 0.1) is 23.1 Å². The fourth-order valence-electron chi connectivity index (χ4n) is 5.51. The third-order valence-electron chi connectivity index (χ3n) is 7.77. The van der Waals surface area contributed by atoms with Crippen LogP contribution in [0.15, 0.2) is 73.2 Å². The van der Waals surface area contributed by atoms with Crippen LogP contribution in [0.25, 0.3) is 33.4 Å². The lowest BCUT2D eigenvalue weighted by atomic mass is 10.0. The number of nitrogens with zero attached hydrogens (tertiary/aromatic N) is 4. The van der Waals surface area contributed by atoms with Crippen LogP contribution in [-0.4, -0.2) is 30.9 Å². The molecule has 0 saturated heterocycles. The maximum atomic E-state index is 12.4. The highest BCUT2D eigenvalue weighted by Gasteiger charge is 2.22. The van der Waals surface area contributed by atoms with Gasteiger partial charge in [-0.05, 0) is 87.8 Å². The van der Waals surface area contributed by atoms with E-state index in [1.165, 1.54) is 18.4 Å². The number of carbonyl (C=O) groups excluding carboxylic acids is 1. The quantitative estimate of drug-likeness (QED) is 0.130. The van der Waals surface area contributed by atoms with Gasteiger partial charge in [0.25, 0.3) is 0 Å². The van der Waals surface area contributed by atoms with Gasteiger partial charge in [-0.25, -0.2) is 14.8 Å². The maximum absolute atomic E-state index is 12.4. The number of aromatic nitrogens is 4. The second-order valence-corrected chi connectivity index (χ2v) is 12.7. The van der Waals surface area contributed by atoms with Crippen molar-refractivity contribution >= 4 is 17.2 Å². The van der Waals surface area contributed by atoms with Crippen LogP contribution in [0.4, 0.5) is 4.79 Å². The average Bonchev–Trinajstić information content (AvgIpc) is 3.54. The first-order valence-electron chi connectivity index (χ1n) is 15.3. The van der Waals surface area contributed by atoms with Gasteiger partial charge in [-0.1, -0.05) is 49.4 Å². The van der Waals surface area contributed by atoms with E-state index in [2.05, 4.69) is 65.6 Å². The van der Waals surface area contributed by atoms with E-state index in [0.717, 1.165) is 70.1 Å². The highest BCUT2D eigenvalue weighted by molar-refractivity contribution is 5.85. The van der Waals surface area contributed by atoms with Crippen LogP contribution in [0.3, 0.4) is 0 Å². The van der Waals surface area contributed by atoms with Crippen molar-refractivity contribution in [3.63, 3.8) is 0 Å². The number of para-hydroxylation sites is 1. The predicted octanol–water partition coefficient (Wildman–Crippen LogP) is 8.60. The number of imidazole rings is 2. The molecule has 6 rings (SSSR count). The van der Waals surface area contributed by atoms with Crippen molar-refractivity contribution in [2.75, 3.05) is 0 Å². The first-order chi connectivity index (χ1) is 20.7. The normalized spacial score (nSPS) is 13.4. The van der Waals surface area contributed by atoms with E-state index in [9.17, 15) is 4.79 Å². The van der Waals surface area contributed by atoms with Gasteiger partial charge in [0, 0.05) is 36.8 Å². The van der Waals surface area contributed by atoms with Gasteiger partial charge in [0.15, 0.2) is 0 Å². The zero-order chi connectivity index (χ0) is 30.1. The summed E-state index contributed by atoms with van der Waals surface area (Å²) in [5.74, 6) is 2.37. The molecule has 0 N–H and O–H groups in total. The molecule has 3 aromatic carbocycles. The van der Waals surface area contributed by atoms with Crippen LogP contribution in [0.1, 0.15) is 63.9 Å². The molecule has 1 fully saturated rings. The Bertz CT molecular complexity index is 1750. The van der Waals surface area contributed by atoms with Crippen molar-refractivity contribution in [1.82, 2.24) is 19.1 Å². The number of hydrogen-bond donors (Lipinski definition) is 0. The number of hydrogen-bond acceptors (Lipinski definition) is 5. The van der Waals surface area contributed by atoms with E-state index >= 15 is 0 Å². The summed E-state index contributed by atoms with van der Waals surface area (Å²) in [5.41, 5.74) is 7.82. The van der Waals surface area contributed by atoms with Crippen LogP contribution in [0.2, 0.25) is 0 Å². The summed E-state index contributed by atoms with van der Waals surface area (Å²) in [6.07, 6.45) is 8.01. The molecule has 43 heavy (non-hydrogen) atoms. The van der Waals surface area contributed by atoms with Gasteiger partial charge in [-0.3, -0.25) is 0 Å². The third kappa shape index (κ3) is 6.66. The van der Waals surface area contributed by atoms with Crippen LogP contribution in [0.5, 0.6) is 5.75 Å². The number of benzene rings is 3. The summed E-state index contributed by atoms with van der Waals surface area (Å²) in [7, 11) is 0. The van der Waals surface area contributed by atoms with Gasteiger partial charge in [-0.15, -0.1) is 0 Å². The Kier molecular flexibility index (Phi) is 7.82. The molecule has 0 atom stereocenters. The molecular formula is C36H40N4O3. The minimum Gasteiger partial charge on any atom is -0.428 e. The van der Waals surface area contributed by atoms with E-state index < -0.39 is 11.8 Å². The lowest BCUT2D eigenvalue weighted by Gasteiger charge is -2.19. The molecule has 222 valence electrons. The molecule has 0 amide bonds. The first-order valence-corrected chi connectivity index (χ1v) is 15.3. The highest BCUT2D eigenvalue weighted by Crippen LogP contribution is 2.33. The monoisotopic (exact) mass is 576 g/mol. The average molecular weight is 577 g/mol. The molecule has 0 unspecified atom stereocenters. The zero-order valence-corrected chi connectivity index (χ0v) is 25.8. The minimum atomic E-state index is -0.712. The van der Waals surface area contributed by atoms with E-state index in [1.54, 1.807) is 6.07 Å². The number of carbonyl (C=O) groups is 1. The van der Waals surface area contributed by atoms with E-state index in [0.29, 0.717) is 12.3 Å². The summed E-state index contributed by atoms with van der Waals surface area (Å²) < 4.78 is 15.5. The Morgan fingerprint density at radius 1 is 1.02 bits per heavy atom. The number of fused-ring (bicyclic) bond motifs is 1. The van der Waals surface area contributed by atoms with Crippen molar-refractivity contribution in [2.24, 2.45) is 5.92 Å². The van der Waals surface area contributed by atoms with E-state index in [1.807, 2.05) is 45.3 Å². The molecular weight excluding hydrogens is 536 g/mol. The van der Waals surface area contributed by atoms with Gasteiger partial charge in [0.2, 0.25) is 0 Å². The molecule has 0 radical (unpaired) electrons. The first kappa shape index (κ1) is 28.7. The molecule has 1 aliphatic rings. The van der Waals surface area contributed by atoms with Crippen LogP contribution in [-0.2, 0) is 24.2 Å². The summed E-state index contributed by atoms with van der Waals surface area (Å²) in [6.45, 7) is 11.6. The fourth-order valence-corrected chi connectivity index (χ4v) is 5.51. The summed E-state index contributed by atoms with van der Waals surface area (Å²) in [4.78, 5) is 22.2. The molecule has 2 heterocycles. The van der Waals surface area contributed by atoms with Crippen molar-refractivity contribution < 1.29 is 14.3 Å². The molecule has 0 bridgehead atoms. The summed E-state index contributed by atoms with van der Waals surface area (Å²) in [5, 5.41) is 0. The van der Waals surface area contributed by atoms with Gasteiger partial charge < -0.3 is 18.6 Å². The third-order valence-corrected chi connectivity index (χ3v) is 7.77. The predicted molar refractivity (Wildman–Crippen MR) is 170 cm³/mol. The molecule has 1 aliphatic carbocycles. The fraction of sp³-hybridized carbons (Fsp3) is 0.361. The Balaban J connectivity index is 1.28. The largest absolute Gasteiger partial charge is 0.514 e. The van der Waals surface area contributed by atoms with Crippen LogP contribution < -0.4 is 4.74 Å². The van der Waals surface area contributed by atoms with Crippen molar-refractivity contribution in [3.8, 4) is 28.1 Å². The zero-order valence-electron chi connectivity index (χ0n) is 25.8. The number of aryl methyl sites for hydroxylation is 2. The Morgan fingerprint density at radius 3 is 2.51 bits per heavy atom. The lowest BCUT2D eigenvalue weighted by molar-refractivity contribution is 0.0207. The topological polar surface area (TPSA) is 71.2 Å². The Hall–Kier alpha value is -4.39. The van der Waals surface area contributed by atoms with E-state index in [4.69, 9.17) is 19.4 Å². The van der Waals surface area contributed by atoms with Crippen molar-refractivity contribution in [1.29, 1.82) is 0 Å². The molecule has 0 spiro atoms. The number of ether oxygens (including phenoxy) is 2. The highest BCUT2D eigenvalue weighted by atomic mass is 16.7. The molecule has 7 heteroatoms. The maximum Gasteiger partial charge on any atom is 0.514 e. The molecule has 2 aromatic heterocycles. The standard InChI is InChI=1S/C36H40N4O3/c1-6-9-33-38-34-24(2)18-28(30-22-39(23-37-30)20-25-12-13-25)19-31(34)40(33)21-26-14-16-27(17-15-26)29-10-7-8-11-32(29)42-35(41)43-36(3,4)5/h7-8,10-11,14-19,22-23,25H,6,9,12-13,20-21H2,1-5H3. The Labute approximate surface area is 253 Å². The molecule has 5 aromatic rings. The number of rotatable bonds is 9. The Morgan fingerprint density at radius 2 is 1.79 bits per heavy atom. The SMILES string of the molecule is CCCc1nc2c(C)cc(-c3cn(CC4CC4)cn3)cc2n1Cc1ccc(-c2ccccc2OC(=O)OC(C)(C)C)cc1. The van der Waals surface area contributed by atoms with Crippen LogP contribution >= 0.6 is 0 Å². The lowest BCUT2D eigenvalue weighted by Crippen LogP contribution is -2.26. The summed E-state index contributed by atoms with van der Waals surface area (Å²) >= 11 is 0. The van der Waals surface area contributed by atoms with E-state index in [-0.39, 0.29) is 0 Å².